The van der Waals surface area contributed by atoms with Gasteiger partial charge in [-0.05, 0) is 17.7 Å². The topological polar surface area (TPSA) is 70.0 Å². The fourth-order valence-corrected chi connectivity index (χ4v) is 1.83. The Morgan fingerprint density at radius 1 is 1.24 bits per heavy atom. The van der Waals surface area contributed by atoms with Gasteiger partial charge < -0.3 is 19.8 Å². The van der Waals surface area contributed by atoms with Crippen molar-refractivity contribution in [2.45, 2.75) is 6.10 Å². The molecule has 1 heterocycles. The first kappa shape index (κ1) is 11.9. The smallest absolute Gasteiger partial charge is 0.337 e. The van der Waals surface area contributed by atoms with Crippen LogP contribution in [0, 0.1) is 0 Å². The maximum atomic E-state index is 10.6. The van der Waals surface area contributed by atoms with Gasteiger partial charge in [0.25, 0.3) is 0 Å². The number of hydrogen-bond donors (Lipinski definition) is 2. The molecule has 0 radical (unpaired) electrons. The van der Waals surface area contributed by atoms with Crippen molar-refractivity contribution in [3.05, 3.63) is 29.8 Å². The average molecular weight is 237 g/mol. The molecule has 1 fully saturated rings. The molecule has 5 heteroatoms. The third-order valence-corrected chi connectivity index (χ3v) is 2.82. The van der Waals surface area contributed by atoms with E-state index in [1.54, 1.807) is 12.1 Å². The van der Waals surface area contributed by atoms with Crippen LogP contribution in [-0.2, 0) is 9.53 Å². The molecule has 1 aromatic rings. The highest BCUT2D eigenvalue weighted by Gasteiger charge is 2.16. The number of aliphatic carboxylic acids is 1. The summed E-state index contributed by atoms with van der Waals surface area (Å²) in [5.74, 6) is -1.23. The molecule has 1 saturated heterocycles. The zero-order valence-electron chi connectivity index (χ0n) is 9.37. The summed E-state index contributed by atoms with van der Waals surface area (Å²) in [5.41, 5.74) is 1.42. The number of hydrogen-bond acceptors (Lipinski definition) is 4. The van der Waals surface area contributed by atoms with Gasteiger partial charge in [-0.1, -0.05) is 12.1 Å². The van der Waals surface area contributed by atoms with Crippen LogP contribution in [0.15, 0.2) is 24.3 Å². The number of carboxylic acid groups (broad SMARTS) is 1. The van der Waals surface area contributed by atoms with E-state index in [4.69, 9.17) is 9.84 Å². The van der Waals surface area contributed by atoms with Gasteiger partial charge in [0, 0.05) is 18.8 Å². The summed E-state index contributed by atoms with van der Waals surface area (Å²) < 4.78 is 5.26. The summed E-state index contributed by atoms with van der Waals surface area (Å²) in [6.07, 6.45) is -1.45. The molecule has 2 N–H and O–H groups in total. The Kier molecular flexibility index (Phi) is 3.61. The van der Waals surface area contributed by atoms with Crippen LogP contribution < -0.4 is 4.90 Å². The molecule has 1 aliphatic heterocycles. The second kappa shape index (κ2) is 5.16. The number of ether oxygens (including phenoxy) is 1. The minimum Gasteiger partial charge on any atom is -0.479 e. The van der Waals surface area contributed by atoms with Crippen molar-refractivity contribution in [3.8, 4) is 0 Å². The molecule has 17 heavy (non-hydrogen) atoms. The summed E-state index contributed by atoms with van der Waals surface area (Å²) in [4.78, 5) is 12.8. The Bertz CT molecular complexity index is 384. The first-order valence-electron chi connectivity index (χ1n) is 5.52. The number of benzene rings is 1. The van der Waals surface area contributed by atoms with Gasteiger partial charge in [0.15, 0.2) is 6.10 Å². The second-order valence-electron chi connectivity index (χ2n) is 3.93. The lowest BCUT2D eigenvalue weighted by atomic mass is 10.1. The first-order chi connectivity index (χ1) is 8.18. The Labute approximate surface area is 99.2 Å². The normalized spacial score (nSPS) is 17.8. The van der Waals surface area contributed by atoms with Crippen LogP contribution in [0.1, 0.15) is 11.7 Å². The van der Waals surface area contributed by atoms with Crippen molar-refractivity contribution in [2.75, 3.05) is 31.2 Å². The second-order valence-corrected chi connectivity index (χ2v) is 3.93. The summed E-state index contributed by atoms with van der Waals surface area (Å²) in [6.45, 7) is 3.08. The average Bonchev–Trinajstić information content (AvgIpc) is 2.39. The number of carbonyl (C=O) groups is 1. The van der Waals surface area contributed by atoms with Gasteiger partial charge in [-0.25, -0.2) is 4.79 Å². The maximum absolute atomic E-state index is 10.6. The van der Waals surface area contributed by atoms with E-state index < -0.39 is 12.1 Å². The zero-order chi connectivity index (χ0) is 12.3. The molecular formula is C12H15NO4. The quantitative estimate of drug-likeness (QED) is 0.807. The predicted molar refractivity (Wildman–Crippen MR) is 62.1 cm³/mol. The number of rotatable bonds is 3. The van der Waals surface area contributed by atoms with E-state index in [1.165, 1.54) is 0 Å². The van der Waals surface area contributed by atoms with Gasteiger partial charge in [-0.15, -0.1) is 0 Å². The Morgan fingerprint density at radius 3 is 2.35 bits per heavy atom. The van der Waals surface area contributed by atoms with Gasteiger partial charge in [0.2, 0.25) is 0 Å². The number of carboxylic acids is 1. The summed E-state index contributed by atoms with van der Waals surface area (Å²) in [6, 6.07) is 6.94. The Morgan fingerprint density at radius 2 is 1.82 bits per heavy atom. The van der Waals surface area contributed by atoms with Gasteiger partial charge in [0.05, 0.1) is 13.2 Å². The lowest BCUT2D eigenvalue weighted by Gasteiger charge is -2.29. The zero-order valence-corrected chi connectivity index (χ0v) is 9.37. The molecule has 1 atom stereocenters. The summed E-state index contributed by atoms with van der Waals surface area (Å²) in [5, 5.41) is 18.0. The van der Waals surface area contributed by atoms with E-state index >= 15 is 0 Å². The highest BCUT2D eigenvalue weighted by molar-refractivity contribution is 5.74. The Hall–Kier alpha value is -1.59. The number of anilines is 1. The summed E-state index contributed by atoms with van der Waals surface area (Å²) in [7, 11) is 0. The lowest BCUT2D eigenvalue weighted by Crippen LogP contribution is -2.36. The molecule has 2 rings (SSSR count). The van der Waals surface area contributed by atoms with E-state index in [0.717, 1.165) is 18.8 Å². The van der Waals surface area contributed by atoms with Gasteiger partial charge in [-0.3, -0.25) is 0 Å². The molecule has 1 aliphatic rings. The third kappa shape index (κ3) is 2.75. The number of aliphatic hydroxyl groups excluding tert-OH is 1. The van der Waals surface area contributed by atoms with Crippen LogP contribution in [0.25, 0.3) is 0 Å². The molecule has 0 bridgehead atoms. The molecule has 0 amide bonds. The molecule has 0 aliphatic carbocycles. The van der Waals surface area contributed by atoms with Crippen molar-refractivity contribution in [1.82, 2.24) is 0 Å². The Balaban J connectivity index is 2.09. The van der Waals surface area contributed by atoms with Gasteiger partial charge >= 0.3 is 5.97 Å². The molecule has 1 unspecified atom stereocenters. The van der Waals surface area contributed by atoms with E-state index in [9.17, 15) is 9.90 Å². The van der Waals surface area contributed by atoms with Gasteiger partial charge in [-0.2, -0.15) is 0 Å². The van der Waals surface area contributed by atoms with E-state index in [2.05, 4.69) is 4.90 Å². The van der Waals surface area contributed by atoms with Crippen LogP contribution in [0.3, 0.4) is 0 Å². The highest BCUT2D eigenvalue weighted by atomic mass is 16.5. The maximum Gasteiger partial charge on any atom is 0.337 e. The molecular weight excluding hydrogens is 222 g/mol. The molecule has 0 saturated carbocycles. The minimum atomic E-state index is -1.45. The molecule has 0 aromatic heterocycles. The lowest BCUT2D eigenvalue weighted by molar-refractivity contribution is -0.146. The number of nitrogens with zero attached hydrogens (tertiary/aromatic N) is 1. The van der Waals surface area contributed by atoms with Gasteiger partial charge in [0.1, 0.15) is 0 Å². The predicted octanol–water partition coefficient (Wildman–Crippen LogP) is 0.641. The molecule has 92 valence electrons. The standard InChI is InChI=1S/C12H15NO4/c14-11(12(15)16)9-1-3-10(4-2-9)13-5-7-17-8-6-13/h1-4,11,14H,5-8H2,(H,15,16). The first-order valence-corrected chi connectivity index (χ1v) is 5.52. The summed E-state index contributed by atoms with van der Waals surface area (Å²) >= 11 is 0. The van der Waals surface area contributed by atoms with Crippen molar-refractivity contribution in [3.63, 3.8) is 0 Å². The third-order valence-electron chi connectivity index (χ3n) is 2.82. The largest absolute Gasteiger partial charge is 0.479 e. The molecule has 5 nitrogen and oxygen atoms in total. The van der Waals surface area contributed by atoms with Crippen LogP contribution in [0.4, 0.5) is 5.69 Å². The van der Waals surface area contributed by atoms with Crippen molar-refractivity contribution < 1.29 is 19.7 Å². The van der Waals surface area contributed by atoms with Crippen molar-refractivity contribution >= 4 is 11.7 Å². The molecule has 0 spiro atoms. The van der Waals surface area contributed by atoms with Crippen LogP contribution in [0.2, 0.25) is 0 Å². The monoisotopic (exact) mass is 237 g/mol. The number of morpholine rings is 1. The van der Waals surface area contributed by atoms with Crippen molar-refractivity contribution in [1.29, 1.82) is 0 Å². The number of aliphatic hydroxyl groups is 1. The highest BCUT2D eigenvalue weighted by Crippen LogP contribution is 2.20. The van der Waals surface area contributed by atoms with Crippen LogP contribution >= 0.6 is 0 Å². The van der Waals surface area contributed by atoms with E-state index in [1.807, 2.05) is 12.1 Å². The van der Waals surface area contributed by atoms with Crippen molar-refractivity contribution in [2.24, 2.45) is 0 Å². The minimum absolute atomic E-state index is 0.398. The van der Waals surface area contributed by atoms with E-state index in [0.29, 0.717) is 18.8 Å². The molecule has 1 aromatic carbocycles. The van der Waals surface area contributed by atoms with Crippen LogP contribution in [-0.4, -0.2) is 42.5 Å². The fourth-order valence-electron chi connectivity index (χ4n) is 1.83. The fraction of sp³-hybridized carbons (Fsp3) is 0.417. The van der Waals surface area contributed by atoms with Crippen LogP contribution in [0.5, 0.6) is 0 Å². The van der Waals surface area contributed by atoms with E-state index in [-0.39, 0.29) is 0 Å². The SMILES string of the molecule is O=C(O)C(O)c1ccc(N2CCOCC2)cc1.